The molecule has 114 valence electrons. The van der Waals surface area contributed by atoms with Gasteiger partial charge in [-0.2, -0.15) is 0 Å². The van der Waals surface area contributed by atoms with E-state index >= 15 is 0 Å². The average Bonchev–Trinajstić information content (AvgIpc) is 2.39. The van der Waals surface area contributed by atoms with E-state index < -0.39 is 11.9 Å². The minimum absolute atomic E-state index is 0.0205. The quantitative estimate of drug-likeness (QED) is 0.613. The Morgan fingerprint density at radius 3 is 2.10 bits per heavy atom. The van der Waals surface area contributed by atoms with Crippen molar-refractivity contribution < 1.29 is 28.6 Å². The largest absolute Gasteiger partial charge is 0.426 e. The smallest absolute Gasteiger partial charge is 0.314 e. The van der Waals surface area contributed by atoms with Crippen molar-refractivity contribution in [2.45, 2.75) is 34.1 Å². The summed E-state index contributed by atoms with van der Waals surface area (Å²) in [7, 11) is 0. The molecule has 0 heterocycles. The van der Waals surface area contributed by atoms with Crippen LogP contribution < -0.4 is 14.2 Å². The summed E-state index contributed by atoms with van der Waals surface area (Å²) < 4.78 is 15.0. The van der Waals surface area contributed by atoms with Crippen LogP contribution in [-0.4, -0.2) is 17.9 Å². The van der Waals surface area contributed by atoms with Gasteiger partial charge in [0, 0.05) is 19.9 Å². The molecule has 6 heteroatoms. The molecule has 0 saturated carbocycles. The lowest BCUT2D eigenvalue weighted by atomic mass is 10.1. The van der Waals surface area contributed by atoms with E-state index in [0.29, 0.717) is 6.42 Å². The summed E-state index contributed by atoms with van der Waals surface area (Å²) in [6.07, 6.45) is 0.654. The standard InChI is InChI=1S/C15H18O6/c1-5-9(2)15(18)21-12-6-7-13(19-10(3)16)14(8-12)20-11(4)17/h6-9H,5H2,1-4H3. The predicted octanol–water partition coefficient (Wildman–Crippen LogP) is 2.49. The second-order valence-corrected chi connectivity index (χ2v) is 4.53. The normalized spacial score (nSPS) is 11.4. The first-order valence-electron chi connectivity index (χ1n) is 6.56. The molecule has 1 rings (SSSR count). The molecule has 1 aromatic carbocycles. The summed E-state index contributed by atoms with van der Waals surface area (Å²) in [6.45, 7) is 6.08. The molecular formula is C15H18O6. The van der Waals surface area contributed by atoms with Gasteiger partial charge in [0.25, 0.3) is 0 Å². The SMILES string of the molecule is CCC(C)C(=O)Oc1ccc(OC(C)=O)c(OC(C)=O)c1. The van der Waals surface area contributed by atoms with Crippen molar-refractivity contribution in [1.29, 1.82) is 0 Å². The summed E-state index contributed by atoms with van der Waals surface area (Å²) in [5.74, 6) is -1.43. The van der Waals surface area contributed by atoms with Gasteiger partial charge in [-0.1, -0.05) is 13.8 Å². The molecule has 0 radical (unpaired) electrons. The number of rotatable bonds is 5. The maximum absolute atomic E-state index is 11.7. The van der Waals surface area contributed by atoms with E-state index in [1.54, 1.807) is 6.92 Å². The van der Waals surface area contributed by atoms with Crippen LogP contribution in [0.4, 0.5) is 0 Å². The van der Waals surface area contributed by atoms with E-state index in [1.807, 2.05) is 6.92 Å². The summed E-state index contributed by atoms with van der Waals surface area (Å²) in [5.41, 5.74) is 0. The third-order valence-corrected chi connectivity index (χ3v) is 2.66. The van der Waals surface area contributed by atoms with E-state index in [-0.39, 0.29) is 29.1 Å². The van der Waals surface area contributed by atoms with Gasteiger partial charge in [-0.25, -0.2) is 0 Å². The molecule has 0 saturated heterocycles. The Morgan fingerprint density at radius 2 is 1.57 bits per heavy atom. The molecule has 0 amide bonds. The Kier molecular flexibility index (Phi) is 5.90. The van der Waals surface area contributed by atoms with E-state index in [0.717, 1.165) is 0 Å². The summed E-state index contributed by atoms with van der Waals surface area (Å²) >= 11 is 0. The van der Waals surface area contributed by atoms with Gasteiger partial charge in [0.2, 0.25) is 0 Å². The molecule has 0 aliphatic rings. The topological polar surface area (TPSA) is 78.9 Å². The highest BCUT2D eigenvalue weighted by Gasteiger charge is 2.16. The average molecular weight is 294 g/mol. The van der Waals surface area contributed by atoms with Crippen molar-refractivity contribution in [3.63, 3.8) is 0 Å². The zero-order valence-electron chi connectivity index (χ0n) is 12.5. The minimum Gasteiger partial charge on any atom is -0.426 e. The Balaban J connectivity index is 3.00. The lowest BCUT2D eigenvalue weighted by Crippen LogP contribution is -2.17. The van der Waals surface area contributed by atoms with Gasteiger partial charge in [0.1, 0.15) is 5.75 Å². The van der Waals surface area contributed by atoms with Crippen molar-refractivity contribution in [1.82, 2.24) is 0 Å². The minimum atomic E-state index is -0.575. The Labute approximate surface area is 123 Å². The Bertz CT molecular complexity index is 549. The van der Waals surface area contributed by atoms with Gasteiger partial charge in [0.15, 0.2) is 11.5 Å². The molecule has 1 atom stereocenters. The van der Waals surface area contributed by atoms with Gasteiger partial charge in [-0.15, -0.1) is 0 Å². The first kappa shape index (κ1) is 16.7. The van der Waals surface area contributed by atoms with Gasteiger partial charge < -0.3 is 14.2 Å². The highest BCUT2D eigenvalue weighted by atomic mass is 16.6. The maximum atomic E-state index is 11.7. The first-order valence-corrected chi connectivity index (χ1v) is 6.56. The number of hydrogen-bond donors (Lipinski definition) is 0. The van der Waals surface area contributed by atoms with Crippen LogP contribution in [0.5, 0.6) is 17.2 Å². The molecule has 0 spiro atoms. The fourth-order valence-corrected chi connectivity index (χ4v) is 1.41. The molecule has 0 aromatic heterocycles. The van der Waals surface area contributed by atoms with Crippen LogP contribution in [0, 0.1) is 5.92 Å². The number of carbonyl (C=O) groups is 3. The third kappa shape index (κ3) is 5.25. The van der Waals surface area contributed by atoms with Gasteiger partial charge >= 0.3 is 17.9 Å². The van der Waals surface area contributed by atoms with Crippen molar-refractivity contribution >= 4 is 17.9 Å². The van der Waals surface area contributed by atoms with E-state index in [1.165, 1.54) is 32.0 Å². The van der Waals surface area contributed by atoms with Crippen molar-refractivity contribution in [2.24, 2.45) is 5.92 Å². The number of hydrogen-bond acceptors (Lipinski definition) is 6. The molecule has 0 aliphatic heterocycles. The zero-order chi connectivity index (χ0) is 16.0. The highest BCUT2D eigenvalue weighted by Crippen LogP contribution is 2.32. The van der Waals surface area contributed by atoms with Crippen LogP contribution in [0.3, 0.4) is 0 Å². The number of esters is 3. The monoisotopic (exact) mass is 294 g/mol. The van der Waals surface area contributed by atoms with Crippen molar-refractivity contribution in [2.75, 3.05) is 0 Å². The maximum Gasteiger partial charge on any atom is 0.314 e. The molecule has 21 heavy (non-hydrogen) atoms. The lowest BCUT2D eigenvalue weighted by Gasteiger charge is -2.12. The number of benzene rings is 1. The summed E-state index contributed by atoms with van der Waals surface area (Å²) in [4.78, 5) is 33.8. The Hall–Kier alpha value is -2.37. The van der Waals surface area contributed by atoms with E-state index in [2.05, 4.69) is 0 Å². The van der Waals surface area contributed by atoms with Gasteiger partial charge in [-0.3, -0.25) is 14.4 Å². The number of carbonyl (C=O) groups excluding carboxylic acids is 3. The summed E-state index contributed by atoms with van der Waals surface area (Å²) in [6, 6.07) is 4.20. The molecule has 1 unspecified atom stereocenters. The van der Waals surface area contributed by atoms with Crippen LogP contribution in [0.1, 0.15) is 34.1 Å². The highest BCUT2D eigenvalue weighted by molar-refractivity contribution is 5.76. The zero-order valence-corrected chi connectivity index (χ0v) is 12.5. The van der Waals surface area contributed by atoms with E-state index in [4.69, 9.17) is 14.2 Å². The molecule has 0 fully saturated rings. The van der Waals surface area contributed by atoms with Crippen molar-refractivity contribution in [3.8, 4) is 17.2 Å². The second kappa shape index (κ2) is 7.42. The van der Waals surface area contributed by atoms with Crippen LogP contribution in [0.25, 0.3) is 0 Å². The molecule has 1 aromatic rings. The molecule has 0 aliphatic carbocycles. The fourth-order valence-electron chi connectivity index (χ4n) is 1.41. The van der Waals surface area contributed by atoms with Crippen LogP contribution in [0.2, 0.25) is 0 Å². The van der Waals surface area contributed by atoms with Crippen LogP contribution >= 0.6 is 0 Å². The lowest BCUT2D eigenvalue weighted by molar-refractivity contribution is -0.138. The second-order valence-electron chi connectivity index (χ2n) is 4.53. The van der Waals surface area contributed by atoms with Crippen molar-refractivity contribution in [3.05, 3.63) is 18.2 Å². The number of ether oxygens (including phenoxy) is 3. The molecular weight excluding hydrogens is 276 g/mol. The first-order chi connectivity index (χ1) is 9.83. The summed E-state index contributed by atoms with van der Waals surface area (Å²) in [5, 5.41) is 0. The molecule has 0 bridgehead atoms. The third-order valence-electron chi connectivity index (χ3n) is 2.66. The van der Waals surface area contributed by atoms with E-state index in [9.17, 15) is 14.4 Å². The van der Waals surface area contributed by atoms with Crippen LogP contribution in [0.15, 0.2) is 18.2 Å². The van der Waals surface area contributed by atoms with Crippen LogP contribution in [-0.2, 0) is 14.4 Å². The molecule has 0 N–H and O–H groups in total. The van der Waals surface area contributed by atoms with Gasteiger partial charge in [0.05, 0.1) is 5.92 Å². The Morgan fingerprint density at radius 1 is 1.00 bits per heavy atom. The van der Waals surface area contributed by atoms with Gasteiger partial charge in [-0.05, 0) is 18.6 Å². The predicted molar refractivity (Wildman–Crippen MR) is 74.2 cm³/mol. The molecule has 6 nitrogen and oxygen atoms in total. The fraction of sp³-hybridized carbons (Fsp3) is 0.400.